The molecule has 2 aliphatic heterocycles. The molecule has 31 heavy (non-hydrogen) atoms. The van der Waals surface area contributed by atoms with E-state index >= 15 is 0 Å². The Kier molecular flexibility index (Phi) is 5.30. The molecule has 0 radical (unpaired) electrons. The van der Waals surface area contributed by atoms with Gasteiger partial charge in [0.05, 0.1) is 25.3 Å². The zero-order chi connectivity index (χ0) is 22.5. The minimum absolute atomic E-state index is 0.216. The lowest BCUT2D eigenvalue weighted by atomic mass is 9.93. The summed E-state index contributed by atoms with van der Waals surface area (Å²) in [5.41, 5.74) is -1.27. The average molecular weight is 449 g/mol. The number of hydrogen-bond donors (Lipinski definition) is 0. The molecule has 0 aliphatic carbocycles. The van der Waals surface area contributed by atoms with Crippen LogP contribution >= 0.6 is 0 Å². The van der Waals surface area contributed by atoms with E-state index in [-0.39, 0.29) is 12.1 Å². The number of likely N-dealkylation sites (tertiary alicyclic amines) is 1. The first kappa shape index (κ1) is 21.4. The minimum Gasteiger partial charge on any atom is -0.335 e. The van der Waals surface area contributed by atoms with Gasteiger partial charge < -0.3 is 4.90 Å². The molecule has 0 saturated carbocycles. The summed E-state index contributed by atoms with van der Waals surface area (Å²) in [6.07, 6.45) is -8.18. The van der Waals surface area contributed by atoms with Crippen molar-refractivity contribution in [3.05, 3.63) is 46.1 Å². The van der Waals surface area contributed by atoms with E-state index in [2.05, 4.69) is 10.1 Å². The number of hydrogen-bond acceptors (Lipinski definition) is 4. The fourth-order valence-corrected chi connectivity index (χ4v) is 3.99. The Morgan fingerprint density at radius 3 is 2.45 bits per heavy atom. The maximum absolute atomic E-state index is 13.9. The van der Waals surface area contributed by atoms with Crippen molar-refractivity contribution in [1.29, 1.82) is 0 Å². The zero-order valence-electron chi connectivity index (χ0n) is 15.9. The number of halogens is 6. The summed E-state index contributed by atoms with van der Waals surface area (Å²) >= 11 is 0. The first-order chi connectivity index (χ1) is 14.6. The van der Waals surface area contributed by atoms with Gasteiger partial charge in [0, 0.05) is 6.20 Å². The van der Waals surface area contributed by atoms with Crippen LogP contribution in [0.1, 0.15) is 36.3 Å². The molecule has 1 fully saturated rings. The fourth-order valence-electron chi connectivity index (χ4n) is 3.99. The Labute approximate surface area is 171 Å². The highest BCUT2D eigenvalue weighted by Gasteiger charge is 2.50. The maximum atomic E-state index is 13.9. The van der Waals surface area contributed by atoms with Gasteiger partial charge in [0.2, 0.25) is 5.91 Å². The van der Waals surface area contributed by atoms with E-state index in [1.807, 2.05) is 0 Å². The smallest absolute Gasteiger partial charge is 0.335 e. The van der Waals surface area contributed by atoms with Gasteiger partial charge in [-0.2, -0.15) is 18.3 Å². The fraction of sp³-hybridized carbons (Fsp3) is 0.556. The second-order valence-corrected chi connectivity index (χ2v) is 7.56. The van der Waals surface area contributed by atoms with E-state index in [0.29, 0.717) is 9.25 Å². The van der Waals surface area contributed by atoms with Crippen molar-refractivity contribution in [3.63, 3.8) is 0 Å². The van der Waals surface area contributed by atoms with Crippen LogP contribution in [-0.4, -0.2) is 61.7 Å². The Morgan fingerprint density at radius 2 is 1.84 bits per heavy atom. The summed E-state index contributed by atoms with van der Waals surface area (Å²) in [5, 5.41) is 3.75. The summed E-state index contributed by atoms with van der Waals surface area (Å²) < 4.78 is 82.9. The van der Waals surface area contributed by atoms with Gasteiger partial charge in [-0.3, -0.25) is 14.3 Å². The van der Waals surface area contributed by atoms with Gasteiger partial charge in [-0.1, -0.05) is 0 Å². The van der Waals surface area contributed by atoms with Crippen LogP contribution in [0, 0.1) is 5.82 Å². The van der Waals surface area contributed by atoms with Crippen LogP contribution in [0.2, 0.25) is 0 Å². The number of carbonyl (C=O) groups excluding carboxylic acids is 1. The molecule has 4 heterocycles. The third-order valence-electron chi connectivity index (χ3n) is 5.56. The van der Waals surface area contributed by atoms with Crippen molar-refractivity contribution in [1.82, 2.24) is 24.2 Å². The molecule has 2 aromatic rings. The molecular weight excluding hydrogens is 432 g/mol. The van der Waals surface area contributed by atoms with Crippen LogP contribution in [0.4, 0.5) is 26.3 Å². The molecule has 0 aromatic carbocycles. The van der Waals surface area contributed by atoms with Gasteiger partial charge in [-0.25, -0.2) is 22.6 Å². The third kappa shape index (κ3) is 3.81. The van der Waals surface area contributed by atoms with Crippen LogP contribution in [0.25, 0.3) is 0 Å². The van der Waals surface area contributed by atoms with Crippen molar-refractivity contribution in [3.8, 4) is 0 Å². The second-order valence-electron chi connectivity index (χ2n) is 7.56. The minimum atomic E-state index is -4.74. The predicted molar refractivity (Wildman–Crippen MR) is 93.2 cm³/mol. The van der Waals surface area contributed by atoms with Gasteiger partial charge in [-0.15, -0.1) is 0 Å². The normalized spacial score (nSPS) is 26.2. The third-order valence-corrected chi connectivity index (χ3v) is 5.56. The van der Waals surface area contributed by atoms with Crippen molar-refractivity contribution in [2.24, 2.45) is 0 Å². The van der Waals surface area contributed by atoms with E-state index in [4.69, 9.17) is 0 Å². The number of carbonyl (C=O) groups is 1. The largest absolute Gasteiger partial charge is 0.398 e. The summed E-state index contributed by atoms with van der Waals surface area (Å²) in [6.45, 7) is -1.63. The molecule has 0 spiro atoms. The number of aromatic nitrogens is 4. The van der Waals surface area contributed by atoms with Crippen molar-refractivity contribution in [2.45, 2.75) is 49.9 Å². The first-order valence-electron chi connectivity index (χ1n) is 9.50. The average Bonchev–Trinajstić information content (AvgIpc) is 3.21. The van der Waals surface area contributed by atoms with Crippen molar-refractivity contribution < 1.29 is 31.1 Å². The topological polar surface area (TPSA) is 73.0 Å². The Hall–Kier alpha value is -2.86. The van der Waals surface area contributed by atoms with Crippen molar-refractivity contribution in [2.75, 3.05) is 13.1 Å². The lowest BCUT2D eigenvalue weighted by molar-refractivity contribution is -0.160. The second kappa shape index (κ2) is 7.68. The van der Waals surface area contributed by atoms with Crippen LogP contribution < -0.4 is 5.69 Å². The first-order valence-corrected chi connectivity index (χ1v) is 9.50. The molecule has 4 unspecified atom stereocenters. The van der Waals surface area contributed by atoms with E-state index in [0.717, 1.165) is 11.0 Å². The summed E-state index contributed by atoms with van der Waals surface area (Å²) in [5.74, 6) is -4.43. The van der Waals surface area contributed by atoms with E-state index in [1.165, 1.54) is 12.3 Å². The lowest BCUT2D eigenvalue weighted by Gasteiger charge is -2.31. The molecule has 7 nitrogen and oxygen atoms in total. The molecule has 4 atom stereocenters. The van der Waals surface area contributed by atoms with Crippen LogP contribution in [0.15, 0.2) is 23.1 Å². The SMILES string of the molecule is O=C(C1CCC(C(F)(F)F)c2nn(Cc3ncccc3F)c(=O)n21)N1CC(F)C(F)C1. The highest BCUT2D eigenvalue weighted by atomic mass is 19.4. The quantitative estimate of drug-likeness (QED) is 0.674. The number of pyridine rings is 1. The van der Waals surface area contributed by atoms with Gasteiger partial charge in [0.15, 0.2) is 12.3 Å². The molecule has 0 N–H and O–H groups in total. The maximum Gasteiger partial charge on any atom is 0.398 e. The highest BCUT2D eigenvalue weighted by Crippen LogP contribution is 2.43. The molecule has 2 aromatic heterocycles. The number of amides is 1. The molecule has 0 bridgehead atoms. The highest BCUT2D eigenvalue weighted by molar-refractivity contribution is 5.81. The molecule has 2 aliphatic rings. The molecule has 13 heteroatoms. The molecule has 1 saturated heterocycles. The van der Waals surface area contributed by atoms with Gasteiger partial charge in [0.1, 0.15) is 23.6 Å². The van der Waals surface area contributed by atoms with Crippen molar-refractivity contribution >= 4 is 5.91 Å². The van der Waals surface area contributed by atoms with Crippen LogP contribution in [0.5, 0.6) is 0 Å². The number of fused-ring (bicyclic) bond motifs is 1. The van der Waals surface area contributed by atoms with E-state index in [9.17, 15) is 35.9 Å². The number of nitrogens with zero attached hydrogens (tertiary/aromatic N) is 5. The predicted octanol–water partition coefficient (Wildman–Crippen LogP) is 2.13. The Morgan fingerprint density at radius 1 is 1.16 bits per heavy atom. The summed E-state index contributed by atoms with van der Waals surface area (Å²) in [6, 6.07) is 0.990. The molecule has 168 valence electrons. The van der Waals surface area contributed by atoms with Gasteiger partial charge in [-0.05, 0) is 25.0 Å². The van der Waals surface area contributed by atoms with E-state index in [1.54, 1.807) is 0 Å². The zero-order valence-corrected chi connectivity index (χ0v) is 15.9. The van der Waals surface area contributed by atoms with Crippen LogP contribution in [-0.2, 0) is 11.3 Å². The monoisotopic (exact) mass is 449 g/mol. The molecule has 1 amide bonds. The van der Waals surface area contributed by atoms with Gasteiger partial charge >= 0.3 is 11.9 Å². The standard InChI is InChI=1S/C18H17F6N5O2/c19-10-2-1-5-25-13(10)8-28-17(31)29-14(16(30)27-6-11(20)12(21)7-27)4-3-9(15(29)26-28)18(22,23)24/h1-2,5,9,11-12,14H,3-4,6-8H2. The van der Waals surface area contributed by atoms with Crippen LogP contribution in [0.3, 0.4) is 0 Å². The van der Waals surface area contributed by atoms with Gasteiger partial charge in [0.25, 0.3) is 0 Å². The number of alkyl halides is 5. The molecular formula is C18H17F6N5O2. The van der Waals surface area contributed by atoms with E-state index < -0.39 is 79.8 Å². The lowest BCUT2D eigenvalue weighted by Crippen LogP contribution is -2.44. The Bertz CT molecular complexity index is 1040. The molecule has 4 rings (SSSR count). The Balaban J connectivity index is 1.74. The number of rotatable bonds is 3. The summed E-state index contributed by atoms with van der Waals surface area (Å²) in [4.78, 5) is 30.3. The summed E-state index contributed by atoms with van der Waals surface area (Å²) in [7, 11) is 0.